The third kappa shape index (κ3) is 6.50. The molecule has 1 atom stereocenters. The van der Waals surface area contributed by atoms with Crippen molar-refractivity contribution in [1.29, 1.82) is 0 Å². The molecule has 0 saturated carbocycles. The lowest BCUT2D eigenvalue weighted by molar-refractivity contribution is -0.274. The van der Waals surface area contributed by atoms with Crippen LogP contribution in [0.2, 0.25) is 0 Å². The minimum Gasteiger partial charge on any atom is -0.406 e. The van der Waals surface area contributed by atoms with E-state index < -0.39 is 6.36 Å². The van der Waals surface area contributed by atoms with Crippen molar-refractivity contribution in [3.8, 4) is 5.75 Å². The molecule has 0 unspecified atom stereocenters. The Morgan fingerprint density at radius 1 is 1.07 bits per heavy atom. The Morgan fingerprint density at radius 2 is 1.70 bits per heavy atom. The fourth-order valence-electron chi connectivity index (χ4n) is 2.98. The Morgan fingerprint density at radius 3 is 2.26 bits per heavy atom. The van der Waals surface area contributed by atoms with Crippen LogP contribution in [0.1, 0.15) is 17.2 Å². The number of benzene rings is 1. The van der Waals surface area contributed by atoms with Crippen molar-refractivity contribution in [3.63, 3.8) is 0 Å². The molecule has 0 bridgehead atoms. The third-order valence-corrected chi connectivity index (χ3v) is 4.69. The number of halogens is 6. The van der Waals surface area contributed by atoms with Crippen LogP contribution in [0.15, 0.2) is 47.2 Å². The molecule has 2 heterocycles. The van der Waals surface area contributed by atoms with Gasteiger partial charge < -0.3 is 10.1 Å². The van der Waals surface area contributed by atoms with Crippen molar-refractivity contribution < 1.29 is 17.9 Å². The second-order valence-electron chi connectivity index (χ2n) is 5.69. The number of nitrogens with one attached hydrogen (secondary N) is 1. The highest BCUT2D eigenvalue weighted by Gasteiger charge is 2.31. The van der Waals surface area contributed by atoms with Crippen LogP contribution in [0.3, 0.4) is 0 Å². The quantitative estimate of drug-likeness (QED) is 0.639. The van der Waals surface area contributed by atoms with Gasteiger partial charge >= 0.3 is 6.36 Å². The van der Waals surface area contributed by atoms with E-state index in [0.29, 0.717) is 0 Å². The number of alkyl halides is 3. The van der Waals surface area contributed by atoms with E-state index in [2.05, 4.69) is 35.9 Å². The van der Waals surface area contributed by atoms with E-state index >= 15 is 0 Å². The first-order chi connectivity index (χ1) is 11.9. The molecule has 1 fully saturated rings. The number of rotatable bonds is 4. The van der Waals surface area contributed by atoms with Crippen LogP contribution in [0.4, 0.5) is 13.2 Å². The molecule has 10 heteroatoms. The van der Waals surface area contributed by atoms with E-state index in [9.17, 15) is 13.2 Å². The molecule has 150 valence electrons. The number of hydrogen-bond donors (Lipinski definition) is 1. The maximum Gasteiger partial charge on any atom is 0.573 e. The Labute approximate surface area is 176 Å². The number of ether oxygens (including phenoxy) is 1. The second-order valence-corrected chi connectivity index (χ2v) is 6.44. The molecule has 1 aromatic carbocycles. The second kappa shape index (κ2) is 10.5. The summed E-state index contributed by atoms with van der Waals surface area (Å²) < 4.78 is 41.8. The molecule has 1 aromatic heterocycles. The van der Waals surface area contributed by atoms with Gasteiger partial charge in [0.05, 0.1) is 6.04 Å². The maximum absolute atomic E-state index is 12.4. The van der Waals surface area contributed by atoms with Gasteiger partial charge in [0.15, 0.2) is 0 Å². The zero-order valence-corrected chi connectivity index (χ0v) is 17.3. The summed E-state index contributed by atoms with van der Waals surface area (Å²) in [7, 11) is 0. The molecular weight excluding hydrogens is 470 g/mol. The van der Waals surface area contributed by atoms with E-state index in [0.717, 1.165) is 41.9 Å². The van der Waals surface area contributed by atoms with Gasteiger partial charge in [-0.15, -0.1) is 38.0 Å². The van der Waals surface area contributed by atoms with Crippen LogP contribution in [0, 0.1) is 0 Å². The number of piperazine rings is 1. The molecule has 4 nitrogen and oxygen atoms in total. The smallest absolute Gasteiger partial charge is 0.406 e. The fourth-order valence-corrected chi connectivity index (χ4v) is 3.45. The predicted molar refractivity (Wildman–Crippen MR) is 106 cm³/mol. The summed E-state index contributed by atoms with van der Waals surface area (Å²) in [5.41, 5.74) is 1.87. The molecule has 27 heavy (non-hydrogen) atoms. The highest BCUT2D eigenvalue weighted by molar-refractivity contribution is 9.10. The molecule has 1 aliphatic rings. The van der Waals surface area contributed by atoms with Gasteiger partial charge in [-0.2, -0.15) is 0 Å². The molecule has 0 amide bonds. The van der Waals surface area contributed by atoms with Crippen LogP contribution in [0.25, 0.3) is 0 Å². The lowest BCUT2D eigenvalue weighted by Crippen LogP contribution is -2.45. The summed E-state index contributed by atoms with van der Waals surface area (Å²) >= 11 is 3.49. The topological polar surface area (TPSA) is 37.4 Å². The van der Waals surface area contributed by atoms with E-state index in [4.69, 9.17) is 0 Å². The lowest BCUT2D eigenvalue weighted by Gasteiger charge is -2.35. The van der Waals surface area contributed by atoms with Gasteiger partial charge in [-0.05, 0) is 39.7 Å². The molecule has 1 saturated heterocycles. The monoisotopic (exact) mass is 487 g/mol. The number of aromatic nitrogens is 1. The summed E-state index contributed by atoms with van der Waals surface area (Å²) in [6, 6.07) is 9.79. The van der Waals surface area contributed by atoms with E-state index in [-0.39, 0.29) is 36.6 Å². The zero-order valence-electron chi connectivity index (χ0n) is 14.1. The normalized spacial score (nSPS) is 16.0. The zero-order chi connectivity index (χ0) is 17.9. The average Bonchev–Trinajstić information content (AvgIpc) is 2.58. The van der Waals surface area contributed by atoms with Crippen molar-refractivity contribution in [2.45, 2.75) is 12.4 Å². The van der Waals surface area contributed by atoms with Crippen molar-refractivity contribution in [3.05, 3.63) is 58.3 Å². The molecular formula is C17H19BrCl2F3N3O. The Hall–Kier alpha value is -1.06. The first kappa shape index (κ1) is 24.0. The van der Waals surface area contributed by atoms with Crippen LogP contribution in [-0.4, -0.2) is 42.4 Å². The van der Waals surface area contributed by atoms with Crippen LogP contribution >= 0.6 is 40.7 Å². The number of pyridine rings is 1. The van der Waals surface area contributed by atoms with Gasteiger partial charge in [-0.25, -0.2) is 4.98 Å². The van der Waals surface area contributed by atoms with Crippen LogP contribution < -0.4 is 10.1 Å². The first-order valence-electron chi connectivity index (χ1n) is 7.85. The van der Waals surface area contributed by atoms with Gasteiger partial charge in [-0.3, -0.25) is 4.90 Å². The predicted octanol–water partition coefficient (Wildman–Crippen LogP) is 4.58. The van der Waals surface area contributed by atoms with Gasteiger partial charge in [0.2, 0.25) is 0 Å². The number of nitrogens with zero attached hydrogens (tertiary/aromatic N) is 2. The summed E-state index contributed by atoms with van der Waals surface area (Å²) in [6.45, 7) is 3.41. The van der Waals surface area contributed by atoms with Gasteiger partial charge in [0, 0.05) is 37.9 Å². The van der Waals surface area contributed by atoms with Crippen molar-refractivity contribution in [1.82, 2.24) is 15.2 Å². The van der Waals surface area contributed by atoms with Crippen LogP contribution in [-0.2, 0) is 0 Å². The maximum atomic E-state index is 12.4. The summed E-state index contributed by atoms with van der Waals surface area (Å²) in [5.74, 6) is -0.222. The summed E-state index contributed by atoms with van der Waals surface area (Å²) in [6.07, 6.45) is -2.99. The highest BCUT2D eigenvalue weighted by atomic mass is 79.9. The Balaban J connectivity index is 0.00000182. The molecule has 0 radical (unpaired) electrons. The minimum atomic E-state index is -4.69. The first-order valence-corrected chi connectivity index (χ1v) is 8.64. The lowest BCUT2D eigenvalue weighted by atomic mass is 9.97. The van der Waals surface area contributed by atoms with Crippen molar-refractivity contribution in [2.24, 2.45) is 0 Å². The largest absolute Gasteiger partial charge is 0.573 e. The molecule has 0 aliphatic carbocycles. The van der Waals surface area contributed by atoms with Crippen molar-refractivity contribution in [2.75, 3.05) is 26.2 Å². The summed E-state index contributed by atoms with van der Waals surface area (Å²) in [4.78, 5) is 6.58. The van der Waals surface area contributed by atoms with Gasteiger partial charge in [-0.1, -0.05) is 18.2 Å². The molecule has 3 rings (SSSR count). The Kier molecular flexibility index (Phi) is 9.30. The van der Waals surface area contributed by atoms with Crippen LogP contribution in [0.5, 0.6) is 5.75 Å². The van der Waals surface area contributed by atoms with Gasteiger partial charge in [0.1, 0.15) is 10.4 Å². The molecule has 0 spiro atoms. The molecule has 2 aromatic rings. The average molecular weight is 489 g/mol. The minimum absolute atomic E-state index is 0. The number of hydrogen-bond acceptors (Lipinski definition) is 4. The standard InChI is InChI=1S/C17H17BrF3N3O.2ClH/c18-16-14(2-1-7-23-16)15(24-10-8-22-9-11-24)12-3-5-13(6-4-12)25-17(19,20)21;;/h1-7,15,22H,8-11H2;2*1H/t15-;;/m0../s1. The highest BCUT2D eigenvalue weighted by Crippen LogP contribution is 2.34. The molecule has 1 N–H and O–H groups in total. The van der Waals surface area contributed by atoms with E-state index in [1.54, 1.807) is 18.3 Å². The molecule has 1 aliphatic heterocycles. The Bertz CT molecular complexity index is 713. The van der Waals surface area contributed by atoms with E-state index in [1.807, 2.05) is 12.1 Å². The van der Waals surface area contributed by atoms with Gasteiger partial charge in [0.25, 0.3) is 0 Å². The third-order valence-electron chi connectivity index (χ3n) is 4.03. The SMILES string of the molecule is Cl.Cl.FC(F)(F)Oc1ccc([C@@H](c2cccnc2Br)N2CCNCC2)cc1. The summed E-state index contributed by atoms with van der Waals surface area (Å²) in [5, 5.41) is 3.31. The van der Waals surface area contributed by atoms with Crippen molar-refractivity contribution >= 4 is 40.7 Å². The van der Waals surface area contributed by atoms with E-state index in [1.165, 1.54) is 12.1 Å². The fraction of sp³-hybridized carbons (Fsp3) is 0.353.